The van der Waals surface area contributed by atoms with Crippen LogP contribution >= 0.6 is 34.9 Å². The number of hydrogen-bond acceptors (Lipinski definition) is 7. The number of hydrogen-bond donors (Lipinski definition) is 0. The van der Waals surface area contributed by atoms with Gasteiger partial charge < -0.3 is 0 Å². The minimum atomic E-state index is -0.0170. The Balaban J connectivity index is 2.07. The van der Waals surface area contributed by atoms with Crippen LogP contribution in [0.2, 0.25) is 0 Å². The molecule has 0 bridgehead atoms. The molecule has 8 heteroatoms. The van der Waals surface area contributed by atoms with Crippen LogP contribution in [-0.2, 0) is 9.59 Å². The van der Waals surface area contributed by atoms with E-state index in [0.29, 0.717) is 18.1 Å². The van der Waals surface area contributed by atoms with Crippen molar-refractivity contribution in [1.82, 2.24) is 4.98 Å². The Labute approximate surface area is 117 Å². The van der Waals surface area contributed by atoms with E-state index in [0.717, 1.165) is 16.0 Å². The first-order chi connectivity index (χ1) is 8.60. The number of nitrogens with zero attached hydrogens (tertiary/aromatic N) is 3. The summed E-state index contributed by atoms with van der Waals surface area (Å²) in [4.78, 5) is 28.6. The third-order valence-electron chi connectivity index (χ3n) is 2.27. The third-order valence-corrected chi connectivity index (χ3v) is 4.97. The summed E-state index contributed by atoms with van der Waals surface area (Å²) >= 11 is 3.55. The van der Waals surface area contributed by atoms with Gasteiger partial charge in [-0.25, -0.2) is 4.98 Å². The highest BCUT2D eigenvalue weighted by molar-refractivity contribution is 8.14. The zero-order valence-electron chi connectivity index (χ0n) is 9.45. The van der Waals surface area contributed by atoms with Crippen molar-refractivity contribution in [2.75, 3.05) is 11.4 Å². The number of anilines is 1. The Kier molecular flexibility index (Phi) is 4.27. The number of amides is 1. The van der Waals surface area contributed by atoms with E-state index in [9.17, 15) is 9.59 Å². The van der Waals surface area contributed by atoms with Gasteiger partial charge in [0.05, 0.1) is 10.4 Å². The van der Waals surface area contributed by atoms with E-state index in [1.54, 1.807) is 11.1 Å². The predicted octanol–water partition coefficient (Wildman–Crippen LogP) is 2.10. The lowest BCUT2D eigenvalue weighted by Crippen LogP contribution is -2.24. The van der Waals surface area contributed by atoms with Crippen LogP contribution in [0.4, 0.5) is 5.13 Å². The van der Waals surface area contributed by atoms with Crippen molar-refractivity contribution >= 4 is 51.0 Å². The Bertz CT molecular complexity index is 523. The zero-order valence-corrected chi connectivity index (χ0v) is 11.9. The molecule has 18 heavy (non-hydrogen) atoms. The highest BCUT2D eigenvalue weighted by Crippen LogP contribution is 2.34. The van der Waals surface area contributed by atoms with Crippen LogP contribution in [0.3, 0.4) is 0 Å². The average molecular weight is 299 g/mol. The van der Waals surface area contributed by atoms with Gasteiger partial charge in [-0.15, -0.1) is 0 Å². The van der Waals surface area contributed by atoms with Crippen molar-refractivity contribution in [1.29, 1.82) is 5.26 Å². The molecule has 0 N–H and O–H groups in total. The smallest absolute Gasteiger partial charge is 0.230 e. The van der Waals surface area contributed by atoms with Crippen molar-refractivity contribution in [2.24, 2.45) is 0 Å². The lowest BCUT2D eigenvalue weighted by molar-refractivity contribution is -0.117. The number of thiazole rings is 1. The van der Waals surface area contributed by atoms with E-state index in [2.05, 4.69) is 4.98 Å². The SMILES string of the molecule is CC(=O)SC1CC(=O)N(c2ncc(SC#N)s2)C1. The standard InChI is InChI=1S/C10H9N3O2S3/c1-6(14)17-7-2-8(15)13(4-7)10-12-3-9(18-10)16-5-11/h3,7H,2,4H2,1H3. The molecule has 1 saturated heterocycles. The quantitative estimate of drug-likeness (QED) is 0.628. The Hall–Kier alpha value is -1.04. The van der Waals surface area contributed by atoms with Crippen molar-refractivity contribution in [3.8, 4) is 5.40 Å². The largest absolute Gasteiger partial charge is 0.288 e. The first-order valence-electron chi connectivity index (χ1n) is 5.09. The summed E-state index contributed by atoms with van der Waals surface area (Å²) in [5.74, 6) is -0.0170. The molecular weight excluding hydrogens is 290 g/mol. The first-order valence-corrected chi connectivity index (χ1v) is 7.60. The maximum absolute atomic E-state index is 11.8. The molecule has 2 heterocycles. The molecule has 0 radical (unpaired) electrons. The molecule has 94 valence electrons. The Morgan fingerprint density at radius 1 is 1.72 bits per heavy atom. The normalized spacial score (nSPS) is 19.0. The number of nitriles is 1. The van der Waals surface area contributed by atoms with Crippen LogP contribution in [0.1, 0.15) is 13.3 Å². The van der Waals surface area contributed by atoms with Crippen molar-refractivity contribution in [3.05, 3.63) is 6.20 Å². The lowest BCUT2D eigenvalue weighted by atomic mass is 10.4. The van der Waals surface area contributed by atoms with Crippen molar-refractivity contribution in [3.63, 3.8) is 0 Å². The van der Waals surface area contributed by atoms with Gasteiger partial charge >= 0.3 is 0 Å². The molecule has 5 nitrogen and oxygen atoms in total. The zero-order chi connectivity index (χ0) is 13.1. The average Bonchev–Trinajstić information content (AvgIpc) is 2.85. The van der Waals surface area contributed by atoms with Crippen LogP contribution in [0.15, 0.2) is 10.4 Å². The van der Waals surface area contributed by atoms with E-state index >= 15 is 0 Å². The Morgan fingerprint density at radius 3 is 3.17 bits per heavy atom. The second kappa shape index (κ2) is 5.73. The summed E-state index contributed by atoms with van der Waals surface area (Å²) in [7, 11) is 0. The topological polar surface area (TPSA) is 74.1 Å². The van der Waals surface area contributed by atoms with Crippen molar-refractivity contribution in [2.45, 2.75) is 22.8 Å². The maximum atomic E-state index is 11.8. The number of thioether (sulfide) groups is 2. The predicted molar refractivity (Wildman–Crippen MR) is 72.6 cm³/mol. The van der Waals surface area contributed by atoms with Gasteiger partial charge in [0.2, 0.25) is 5.91 Å². The van der Waals surface area contributed by atoms with Gasteiger partial charge in [0.25, 0.3) is 0 Å². The van der Waals surface area contributed by atoms with E-state index in [1.165, 1.54) is 30.0 Å². The summed E-state index contributed by atoms with van der Waals surface area (Å²) in [5, 5.41) is 11.2. The van der Waals surface area contributed by atoms with E-state index in [4.69, 9.17) is 5.26 Å². The molecule has 0 saturated carbocycles. The maximum Gasteiger partial charge on any atom is 0.230 e. The number of thiocyanates is 1. The van der Waals surface area contributed by atoms with Crippen molar-refractivity contribution < 1.29 is 9.59 Å². The van der Waals surface area contributed by atoms with E-state index < -0.39 is 0 Å². The van der Waals surface area contributed by atoms with Crippen LogP contribution in [-0.4, -0.2) is 27.8 Å². The first kappa shape index (κ1) is 13.4. The molecule has 1 aliphatic heterocycles. The van der Waals surface area contributed by atoms with Gasteiger partial charge in [0.1, 0.15) is 5.40 Å². The molecule has 0 aromatic carbocycles. The highest BCUT2D eigenvalue weighted by Gasteiger charge is 2.33. The lowest BCUT2D eigenvalue weighted by Gasteiger charge is -2.11. The minimum Gasteiger partial charge on any atom is -0.288 e. The molecule has 2 rings (SSSR count). The van der Waals surface area contributed by atoms with Gasteiger partial charge in [-0.05, 0) is 0 Å². The minimum absolute atomic E-state index is 0.00553. The number of aromatic nitrogens is 1. The molecule has 1 amide bonds. The Morgan fingerprint density at radius 2 is 2.50 bits per heavy atom. The highest BCUT2D eigenvalue weighted by atomic mass is 32.2. The fourth-order valence-electron chi connectivity index (χ4n) is 1.64. The van der Waals surface area contributed by atoms with Gasteiger partial charge in [0, 0.05) is 36.9 Å². The molecule has 1 atom stereocenters. The van der Waals surface area contributed by atoms with Crippen LogP contribution < -0.4 is 4.90 Å². The van der Waals surface area contributed by atoms with E-state index in [-0.39, 0.29) is 16.3 Å². The molecule has 1 aliphatic rings. The summed E-state index contributed by atoms with van der Waals surface area (Å²) < 4.78 is 0.767. The molecule has 0 spiro atoms. The van der Waals surface area contributed by atoms with Crippen LogP contribution in [0.5, 0.6) is 0 Å². The number of carbonyl (C=O) groups excluding carboxylic acids is 2. The van der Waals surface area contributed by atoms with E-state index in [1.807, 2.05) is 5.40 Å². The fraction of sp³-hybridized carbons (Fsp3) is 0.400. The number of carbonyl (C=O) groups is 2. The summed E-state index contributed by atoms with van der Waals surface area (Å²) in [6.45, 7) is 2.01. The molecular formula is C10H9N3O2S3. The van der Waals surface area contributed by atoms with Gasteiger partial charge in [-0.3, -0.25) is 14.5 Å². The number of rotatable bonds is 3. The van der Waals surface area contributed by atoms with Crippen LogP contribution in [0.25, 0.3) is 0 Å². The molecule has 1 aromatic heterocycles. The van der Waals surface area contributed by atoms with Gasteiger partial charge in [-0.1, -0.05) is 23.1 Å². The molecule has 1 fully saturated rings. The summed E-state index contributed by atoms with van der Waals surface area (Å²) in [6, 6.07) is 0. The van der Waals surface area contributed by atoms with Gasteiger partial charge in [-0.2, -0.15) is 5.26 Å². The molecule has 1 aromatic rings. The summed E-state index contributed by atoms with van der Waals surface area (Å²) in [6.07, 6.45) is 1.96. The molecule has 0 aliphatic carbocycles. The third kappa shape index (κ3) is 3.04. The fourth-order valence-corrected chi connectivity index (χ4v) is 3.93. The second-order valence-electron chi connectivity index (χ2n) is 3.60. The molecule has 1 unspecified atom stereocenters. The monoisotopic (exact) mass is 299 g/mol. The summed E-state index contributed by atoms with van der Waals surface area (Å²) in [5.41, 5.74) is 0. The second-order valence-corrected chi connectivity index (χ2v) is 7.17. The van der Waals surface area contributed by atoms with Crippen LogP contribution in [0, 0.1) is 10.7 Å². The van der Waals surface area contributed by atoms with Gasteiger partial charge in [0.15, 0.2) is 10.2 Å².